The summed E-state index contributed by atoms with van der Waals surface area (Å²) >= 11 is 3.33. The molecule has 0 fully saturated rings. The number of halogens is 1. The average Bonchev–Trinajstić information content (AvgIpc) is 2.18. The number of hydrogen-bond donors (Lipinski definition) is 2. The lowest BCUT2D eigenvalue weighted by atomic mass is 10.1. The molecule has 1 aromatic carbocycles. The van der Waals surface area contributed by atoms with Crippen LogP contribution < -0.4 is 4.74 Å². The summed E-state index contributed by atoms with van der Waals surface area (Å²) in [6.07, 6.45) is 0.567. The van der Waals surface area contributed by atoms with Crippen molar-refractivity contribution in [2.24, 2.45) is 0 Å². The van der Waals surface area contributed by atoms with Crippen molar-refractivity contribution in [1.29, 1.82) is 0 Å². The predicted octanol–water partition coefficient (Wildman–Crippen LogP) is 2.48. The lowest BCUT2D eigenvalue weighted by molar-refractivity contribution is 0.0553. The molecule has 0 spiro atoms. The van der Waals surface area contributed by atoms with Crippen LogP contribution in [0.3, 0.4) is 0 Å². The van der Waals surface area contributed by atoms with Crippen molar-refractivity contribution in [3.05, 3.63) is 28.2 Å². The summed E-state index contributed by atoms with van der Waals surface area (Å²) in [6, 6.07) is 5.45. The van der Waals surface area contributed by atoms with E-state index in [4.69, 9.17) is 9.84 Å². The lowest BCUT2D eigenvalue weighted by Crippen LogP contribution is -2.21. The van der Waals surface area contributed by atoms with E-state index < -0.39 is 5.60 Å². The monoisotopic (exact) mass is 288 g/mol. The van der Waals surface area contributed by atoms with E-state index in [0.29, 0.717) is 18.8 Å². The third-order valence-electron chi connectivity index (χ3n) is 2.17. The van der Waals surface area contributed by atoms with Crippen LogP contribution in [-0.4, -0.2) is 22.4 Å². The van der Waals surface area contributed by atoms with Crippen molar-refractivity contribution in [1.82, 2.24) is 0 Å². The van der Waals surface area contributed by atoms with E-state index in [0.717, 1.165) is 10.0 Å². The van der Waals surface area contributed by atoms with Crippen LogP contribution in [-0.2, 0) is 6.61 Å². The number of aliphatic hydroxyl groups excluding tert-OH is 1. The Kier molecular flexibility index (Phi) is 4.77. The second kappa shape index (κ2) is 5.66. The zero-order valence-corrected chi connectivity index (χ0v) is 11.1. The van der Waals surface area contributed by atoms with Gasteiger partial charge in [0.2, 0.25) is 0 Å². The minimum absolute atomic E-state index is 0.0245. The molecule has 0 aliphatic carbocycles. The molecule has 0 unspecified atom stereocenters. The second-order valence-corrected chi connectivity index (χ2v) is 5.18. The highest BCUT2D eigenvalue weighted by atomic mass is 79.9. The molecule has 0 amide bonds. The van der Waals surface area contributed by atoms with Gasteiger partial charge >= 0.3 is 0 Å². The topological polar surface area (TPSA) is 49.7 Å². The van der Waals surface area contributed by atoms with Crippen molar-refractivity contribution in [2.45, 2.75) is 32.5 Å². The molecule has 0 bridgehead atoms. The summed E-state index contributed by atoms with van der Waals surface area (Å²) < 4.78 is 6.35. The fourth-order valence-corrected chi connectivity index (χ4v) is 1.55. The van der Waals surface area contributed by atoms with E-state index in [1.807, 2.05) is 12.1 Å². The van der Waals surface area contributed by atoms with Crippen LogP contribution in [0.1, 0.15) is 25.8 Å². The van der Waals surface area contributed by atoms with Crippen LogP contribution >= 0.6 is 15.9 Å². The number of benzene rings is 1. The first kappa shape index (κ1) is 13.5. The molecule has 0 atom stereocenters. The van der Waals surface area contributed by atoms with Gasteiger partial charge < -0.3 is 14.9 Å². The summed E-state index contributed by atoms with van der Waals surface area (Å²) in [5, 5.41) is 18.6. The summed E-state index contributed by atoms with van der Waals surface area (Å²) in [5.74, 6) is 0.705. The van der Waals surface area contributed by atoms with Crippen molar-refractivity contribution in [3.8, 4) is 5.75 Å². The van der Waals surface area contributed by atoms with Crippen molar-refractivity contribution < 1.29 is 14.9 Å². The van der Waals surface area contributed by atoms with Crippen LogP contribution in [0, 0.1) is 0 Å². The fraction of sp³-hybridized carbons (Fsp3) is 0.500. The van der Waals surface area contributed by atoms with Gasteiger partial charge in [0.25, 0.3) is 0 Å². The Labute approximate surface area is 104 Å². The van der Waals surface area contributed by atoms with Gasteiger partial charge in [0.05, 0.1) is 18.8 Å². The molecule has 0 aliphatic rings. The van der Waals surface area contributed by atoms with Crippen molar-refractivity contribution in [3.63, 3.8) is 0 Å². The average molecular weight is 289 g/mol. The van der Waals surface area contributed by atoms with Gasteiger partial charge in [0.15, 0.2) is 0 Å². The van der Waals surface area contributed by atoms with E-state index in [9.17, 15) is 5.11 Å². The van der Waals surface area contributed by atoms with Gasteiger partial charge in [-0.05, 0) is 37.6 Å². The first-order chi connectivity index (χ1) is 7.42. The molecule has 4 heteroatoms. The summed E-state index contributed by atoms with van der Waals surface area (Å²) in [5.41, 5.74) is 0.0792. The first-order valence-electron chi connectivity index (χ1n) is 5.17. The maximum absolute atomic E-state index is 9.51. The Morgan fingerprint density at radius 1 is 1.38 bits per heavy atom. The van der Waals surface area contributed by atoms with Crippen molar-refractivity contribution in [2.75, 3.05) is 6.61 Å². The molecule has 0 heterocycles. The molecular weight excluding hydrogens is 272 g/mol. The molecule has 90 valence electrons. The highest BCUT2D eigenvalue weighted by molar-refractivity contribution is 9.10. The summed E-state index contributed by atoms with van der Waals surface area (Å²) in [7, 11) is 0. The normalized spacial score (nSPS) is 11.6. The summed E-state index contributed by atoms with van der Waals surface area (Å²) in [4.78, 5) is 0. The molecule has 1 aromatic rings. The third-order valence-corrected chi connectivity index (χ3v) is 2.94. The number of hydrogen-bond acceptors (Lipinski definition) is 3. The number of aliphatic hydroxyl groups is 2. The zero-order valence-electron chi connectivity index (χ0n) is 9.53. The number of ether oxygens (including phenoxy) is 1. The van der Waals surface area contributed by atoms with Gasteiger partial charge in [-0.25, -0.2) is 0 Å². The van der Waals surface area contributed by atoms with Gasteiger partial charge in [-0.15, -0.1) is 0 Å². The lowest BCUT2D eigenvalue weighted by Gasteiger charge is -2.17. The standard InChI is InChI=1S/C12H17BrO3/c1-12(2,15)5-6-16-10-3-4-11(13)9(7-10)8-14/h3-4,7,14-15H,5-6,8H2,1-2H3. The maximum atomic E-state index is 9.51. The molecule has 0 aliphatic heterocycles. The summed E-state index contributed by atoms with van der Waals surface area (Å²) in [6.45, 7) is 3.92. The van der Waals surface area contributed by atoms with Gasteiger partial charge in [-0.1, -0.05) is 15.9 Å². The highest BCUT2D eigenvalue weighted by Gasteiger charge is 2.12. The Bertz CT molecular complexity index is 345. The minimum Gasteiger partial charge on any atom is -0.493 e. The quantitative estimate of drug-likeness (QED) is 0.875. The Morgan fingerprint density at radius 2 is 2.06 bits per heavy atom. The minimum atomic E-state index is -0.713. The van der Waals surface area contributed by atoms with Gasteiger partial charge in [-0.2, -0.15) is 0 Å². The molecular formula is C12H17BrO3. The number of rotatable bonds is 5. The van der Waals surface area contributed by atoms with Gasteiger partial charge in [0.1, 0.15) is 5.75 Å². The molecule has 0 radical (unpaired) electrons. The first-order valence-corrected chi connectivity index (χ1v) is 5.96. The Morgan fingerprint density at radius 3 is 2.62 bits per heavy atom. The van der Waals surface area contributed by atoms with E-state index in [1.54, 1.807) is 19.9 Å². The molecule has 16 heavy (non-hydrogen) atoms. The Hall–Kier alpha value is -0.580. The molecule has 2 N–H and O–H groups in total. The van der Waals surface area contributed by atoms with Crippen LogP contribution in [0.25, 0.3) is 0 Å². The van der Waals surface area contributed by atoms with E-state index in [2.05, 4.69) is 15.9 Å². The van der Waals surface area contributed by atoms with Crippen molar-refractivity contribution >= 4 is 15.9 Å². The van der Waals surface area contributed by atoms with Crippen LogP contribution in [0.2, 0.25) is 0 Å². The largest absolute Gasteiger partial charge is 0.493 e. The Balaban J connectivity index is 2.55. The van der Waals surface area contributed by atoms with Gasteiger partial charge in [0, 0.05) is 10.9 Å². The van der Waals surface area contributed by atoms with Crippen LogP contribution in [0.4, 0.5) is 0 Å². The smallest absolute Gasteiger partial charge is 0.119 e. The van der Waals surface area contributed by atoms with E-state index in [1.165, 1.54) is 0 Å². The molecule has 3 nitrogen and oxygen atoms in total. The maximum Gasteiger partial charge on any atom is 0.119 e. The SMILES string of the molecule is CC(C)(O)CCOc1ccc(Br)c(CO)c1. The van der Waals surface area contributed by atoms with Crippen LogP contribution in [0.15, 0.2) is 22.7 Å². The molecule has 0 aromatic heterocycles. The molecule has 1 rings (SSSR count). The third kappa shape index (κ3) is 4.51. The van der Waals surface area contributed by atoms with E-state index in [-0.39, 0.29) is 6.61 Å². The second-order valence-electron chi connectivity index (χ2n) is 4.32. The highest BCUT2D eigenvalue weighted by Crippen LogP contribution is 2.23. The molecule has 0 saturated carbocycles. The van der Waals surface area contributed by atoms with Crippen LogP contribution in [0.5, 0.6) is 5.75 Å². The van der Waals surface area contributed by atoms with E-state index >= 15 is 0 Å². The fourth-order valence-electron chi connectivity index (χ4n) is 1.18. The zero-order chi connectivity index (χ0) is 12.2. The predicted molar refractivity (Wildman–Crippen MR) is 66.5 cm³/mol. The molecule has 0 saturated heterocycles. The van der Waals surface area contributed by atoms with Gasteiger partial charge in [-0.3, -0.25) is 0 Å².